The van der Waals surface area contributed by atoms with Crippen LogP contribution in [0.1, 0.15) is 52.7 Å². The molecule has 1 aliphatic carbocycles. The smallest absolute Gasteiger partial charge is 0.343 e. The Morgan fingerprint density at radius 2 is 1.23 bits per heavy atom. The van der Waals surface area contributed by atoms with Crippen molar-refractivity contribution >= 4 is 5.97 Å². The summed E-state index contributed by atoms with van der Waals surface area (Å²) in [6.45, 7) is 4.78. The number of fused-ring (bicyclic) bond motifs is 3. The summed E-state index contributed by atoms with van der Waals surface area (Å²) in [5, 5.41) is 0. The molecule has 12 heteroatoms. The van der Waals surface area contributed by atoms with Crippen LogP contribution in [-0.4, -0.2) is 71.0 Å². The van der Waals surface area contributed by atoms with Crippen LogP contribution in [0.2, 0.25) is 0 Å². The highest BCUT2D eigenvalue weighted by Crippen LogP contribution is 2.40. The van der Waals surface area contributed by atoms with Crippen molar-refractivity contribution in [2.45, 2.75) is 50.9 Å². The van der Waals surface area contributed by atoms with Gasteiger partial charge in [0, 0.05) is 13.2 Å². The van der Waals surface area contributed by atoms with Crippen LogP contribution in [0.25, 0.3) is 11.1 Å². The predicted octanol–water partition coefficient (Wildman–Crippen LogP) is 7.41. The lowest BCUT2D eigenvalue weighted by atomic mass is 10.1. The highest BCUT2D eigenvalue weighted by Gasteiger charge is 2.23. The van der Waals surface area contributed by atoms with E-state index in [9.17, 15) is 13.6 Å². The van der Waals surface area contributed by atoms with Crippen molar-refractivity contribution in [2.24, 2.45) is 0 Å². The van der Waals surface area contributed by atoms with E-state index in [-0.39, 0.29) is 35.9 Å². The lowest BCUT2D eigenvalue weighted by Crippen LogP contribution is -2.10. The molecule has 0 amide bonds. The van der Waals surface area contributed by atoms with E-state index >= 15 is 0 Å². The van der Waals surface area contributed by atoms with Crippen molar-refractivity contribution in [2.75, 3.05) is 52.9 Å². The molecule has 0 radical (unpaired) electrons. The summed E-state index contributed by atoms with van der Waals surface area (Å²) < 4.78 is 67.2. The van der Waals surface area contributed by atoms with Gasteiger partial charge in [-0.1, -0.05) is 18.2 Å². The second kappa shape index (κ2) is 18.0. The number of ether oxygens (including phenoxy) is 7. The third kappa shape index (κ3) is 10.7. The first-order valence-electron chi connectivity index (χ1n) is 18.0. The van der Waals surface area contributed by atoms with E-state index in [1.807, 2.05) is 24.3 Å². The minimum Gasteiger partial charge on any atom is -0.491 e. The van der Waals surface area contributed by atoms with Crippen LogP contribution in [-0.2, 0) is 36.9 Å². The molecule has 0 N–H and O–H groups in total. The number of esters is 1. The number of unbranched alkanes of at least 4 members (excludes halogenated alkanes) is 2. The fourth-order valence-corrected chi connectivity index (χ4v) is 5.84. The topological polar surface area (TPSA) is 107 Å². The van der Waals surface area contributed by atoms with E-state index in [2.05, 4.69) is 0 Å². The number of hydrogen-bond acceptors (Lipinski definition) is 10. The van der Waals surface area contributed by atoms with Gasteiger partial charge in [0.2, 0.25) is 0 Å². The van der Waals surface area contributed by atoms with Gasteiger partial charge in [-0.3, -0.25) is 0 Å². The minimum absolute atomic E-state index is 0.0395. The largest absolute Gasteiger partial charge is 0.491 e. The Morgan fingerprint density at radius 3 is 1.83 bits per heavy atom. The van der Waals surface area contributed by atoms with Crippen LogP contribution >= 0.6 is 0 Å². The van der Waals surface area contributed by atoms with Crippen molar-refractivity contribution in [3.63, 3.8) is 0 Å². The Labute approximate surface area is 306 Å². The maximum atomic E-state index is 14.7. The maximum Gasteiger partial charge on any atom is 0.343 e. The van der Waals surface area contributed by atoms with E-state index < -0.39 is 17.6 Å². The third-order valence-corrected chi connectivity index (χ3v) is 8.87. The monoisotopic (exact) mass is 732 g/mol. The molecule has 4 aromatic carbocycles. The predicted molar refractivity (Wildman–Crippen MR) is 188 cm³/mol. The summed E-state index contributed by atoms with van der Waals surface area (Å²) in [4.78, 5) is 23.8. The lowest BCUT2D eigenvalue weighted by molar-refractivity contribution is -0.217. The second-order valence-corrected chi connectivity index (χ2v) is 13.1. The molecule has 2 saturated heterocycles. The molecule has 2 atom stereocenters. The zero-order chi connectivity index (χ0) is 36.4. The summed E-state index contributed by atoms with van der Waals surface area (Å²) in [6, 6.07) is 19.8. The summed E-state index contributed by atoms with van der Waals surface area (Å²) in [5.74, 6) is -0.648. The van der Waals surface area contributed by atoms with Crippen LogP contribution in [0.4, 0.5) is 8.78 Å². The van der Waals surface area contributed by atoms with Gasteiger partial charge in [-0.15, -0.1) is 0 Å². The number of hydrogen-bond donors (Lipinski definition) is 0. The lowest BCUT2D eigenvalue weighted by Gasteiger charge is -2.10. The quantitative estimate of drug-likeness (QED) is 0.0178. The van der Waals surface area contributed by atoms with Gasteiger partial charge in [0.15, 0.2) is 28.9 Å². The molecule has 7 rings (SSSR count). The normalized spacial score (nSPS) is 16.5. The first kappa shape index (κ1) is 36.8. The maximum absolute atomic E-state index is 14.7. The summed E-state index contributed by atoms with van der Waals surface area (Å²) in [6.07, 6.45) is 4.16. The van der Waals surface area contributed by atoms with Gasteiger partial charge < -0.3 is 38.0 Å². The number of halogens is 2. The molecule has 2 unspecified atom stereocenters. The summed E-state index contributed by atoms with van der Waals surface area (Å²) >= 11 is 0. The van der Waals surface area contributed by atoms with Gasteiger partial charge in [0.25, 0.3) is 0 Å². The zero-order valence-electron chi connectivity index (χ0n) is 29.3. The van der Waals surface area contributed by atoms with Crippen LogP contribution in [0.3, 0.4) is 0 Å². The molecule has 4 aromatic rings. The molecule has 2 fully saturated rings. The molecule has 280 valence electrons. The molecular formula is C41H42F2O10. The highest BCUT2D eigenvalue weighted by molar-refractivity contribution is 5.91. The van der Waals surface area contributed by atoms with Gasteiger partial charge in [-0.25, -0.2) is 13.6 Å². The molecule has 2 aliphatic heterocycles. The van der Waals surface area contributed by atoms with Crippen molar-refractivity contribution in [1.29, 1.82) is 0 Å². The number of carbonyl (C=O) groups excluding carboxylic acids is 1. The Morgan fingerprint density at radius 1 is 0.660 bits per heavy atom. The Bertz CT molecular complexity index is 1860. The highest BCUT2D eigenvalue weighted by atomic mass is 19.1. The first-order valence-corrected chi connectivity index (χ1v) is 18.0. The Hall–Kier alpha value is -4.59. The van der Waals surface area contributed by atoms with E-state index in [1.54, 1.807) is 24.3 Å². The average molecular weight is 733 g/mol. The average Bonchev–Trinajstić information content (AvgIpc) is 4.10. The van der Waals surface area contributed by atoms with E-state index in [0.29, 0.717) is 69.5 Å². The van der Waals surface area contributed by atoms with Crippen molar-refractivity contribution in [3.05, 3.63) is 107 Å². The number of rotatable bonds is 22. The molecule has 3 aliphatic rings. The van der Waals surface area contributed by atoms with Gasteiger partial charge in [0.05, 0.1) is 45.2 Å². The van der Waals surface area contributed by atoms with Crippen LogP contribution < -0.4 is 19.1 Å². The summed E-state index contributed by atoms with van der Waals surface area (Å²) in [7, 11) is 0. The van der Waals surface area contributed by atoms with E-state index in [0.717, 1.165) is 60.8 Å². The molecular weight excluding hydrogens is 690 g/mol. The van der Waals surface area contributed by atoms with Gasteiger partial charge in [-0.2, -0.15) is 4.89 Å². The van der Waals surface area contributed by atoms with Crippen molar-refractivity contribution < 1.29 is 56.5 Å². The zero-order valence-corrected chi connectivity index (χ0v) is 29.3. The fraction of sp³-hybridized carbons (Fsp3) is 0.390. The minimum atomic E-state index is -0.672. The van der Waals surface area contributed by atoms with E-state index in [4.69, 9.17) is 42.9 Å². The second-order valence-electron chi connectivity index (χ2n) is 13.1. The SMILES string of the molecule is O=C(Oc1ccc2c(c1)Cc1cc(OOCc3ccc(OCCCCOCC4CO4)c(F)c3)ccc1-2)c1ccc(OCCCCOCC2CO2)c(F)c1. The molecule has 10 nitrogen and oxygen atoms in total. The molecule has 0 aromatic heterocycles. The van der Waals surface area contributed by atoms with Gasteiger partial charge in [-0.05, 0) is 115 Å². The van der Waals surface area contributed by atoms with E-state index in [1.165, 1.54) is 18.2 Å². The van der Waals surface area contributed by atoms with Crippen molar-refractivity contribution in [1.82, 2.24) is 0 Å². The molecule has 53 heavy (non-hydrogen) atoms. The number of epoxide rings is 2. The Kier molecular flexibility index (Phi) is 12.5. The van der Waals surface area contributed by atoms with Gasteiger partial charge in [0.1, 0.15) is 24.6 Å². The Balaban J connectivity index is 0.830. The first-order chi connectivity index (χ1) is 26.0. The number of carbonyl (C=O) groups is 1. The van der Waals surface area contributed by atoms with Crippen molar-refractivity contribution in [3.8, 4) is 34.1 Å². The summed E-state index contributed by atoms with van der Waals surface area (Å²) in [5.41, 5.74) is 4.70. The van der Waals surface area contributed by atoms with Gasteiger partial charge >= 0.3 is 5.97 Å². The van der Waals surface area contributed by atoms with Crippen LogP contribution in [0.15, 0.2) is 72.8 Å². The fourth-order valence-electron chi connectivity index (χ4n) is 5.84. The number of benzene rings is 4. The molecule has 2 heterocycles. The van der Waals surface area contributed by atoms with Crippen LogP contribution in [0, 0.1) is 11.6 Å². The third-order valence-electron chi connectivity index (χ3n) is 8.87. The van der Waals surface area contributed by atoms with Crippen LogP contribution in [0.5, 0.6) is 23.0 Å². The standard InChI is InChI=1S/C41H42F2O10/c42-37-17-27(5-11-39(37)47-15-3-1-13-45-23-33-25-49-33)22-51-53-32-8-10-36-30(20-32)18-29-19-31(7-9-35(29)36)52-41(44)28-6-12-40(38(43)21-28)48-16-4-2-14-46-24-34-26-50-34/h5-12,17,19-21,33-34H,1-4,13-16,18,22-26H2. The molecule has 0 saturated carbocycles. The molecule has 0 bridgehead atoms. The molecule has 0 spiro atoms.